The van der Waals surface area contributed by atoms with Crippen LogP contribution in [0.5, 0.6) is 0 Å². The van der Waals surface area contributed by atoms with E-state index in [9.17, 15) is 9.59 Å². The van der Waals surface area contributed by atoms with Gasteiger partial charge in [0, 0.05) is 19.1 Å². The van der Waals surface area contributed by atoms with Crippen LogP contribution in [0.25, 0.3) is 0 Å². The molecule has 5 heteroatoms. The minimum absolute atomic E-state index is 0.158. The lowest BCUT2D eigenvalue weighted by atomic mass is 9.93. The van der Waals surface area contributed by atoms with Crippen molar-refractivity contribution >= 4 is 11.8 Å². The third-order valence-corrected chi connectivity index (χ3v) is 3.01. The van der Waals surface area contributed by atoms with Gasteiger partial charge in [-0.1, -0.05) is 6.92 Å². The number of carbonyl (C=O) groups is 2. The molecule has 0 aromatic heterocycles. The van der Waals surface area contributed by atoms with Crippen LogP contribution in [0, 0.1) is 5.92 Å². The molecular formula is C10H19N3O2. The average Bonchev–Trinajstić information content (AvgIpc) is 2.17. The van der Waals surface area contributed by atoms with Gasteiger partial charge in [0.1, 0.15) is 6.42 Å². The van der Waals surface area contributed by atoms with E-state index in [1.54, 1.807) is 4.90 Å². The van der Waals surface area contributed by atoms with Gasteiger partial charge in [0.25, 0.3) is 0 Å². The van der Waals surface area contributed by atoms with Crippen LogP contribution in [0.4, 0.5) is 0 Å². The normalized spacial score (nSPS) is 26.4. The summed E-state index contributed by atoms with van der Waals surface area (Å²) < 4.78 is 0. The zero-order valence-corrected chi connectivity index (χ0v) is 9.32. The third-order valence-electron chi connectivity index (χ3n) is 3.01. The van der Waals surface area contributed by atoms with Gasteiger partial charge in [-0.3, -0.25) is 9.59 Å². The summed E-state index contributed by atoms with van der Waals surface area (Å²) in [6.07, 6.45) is 0.792. The molecule has 1 heterocycles. The quantitative estimate of drug-likeness (QED) is 0.610. The summed E-state index contributed by atoms with van der Waals surface area (Å²) in [5, 5.41) is 3.18. The first-order valence-electron chi connectivity index (χ1n) is 5.28. The second-order valence-corrected chi connectivity index (χ2v) is 4.14. The van der Waals surface area contributed by atoms with E-state index >= 15 is 0 Å². The summed E-state index contributed by atoms with van der Waals surface area (Å²) >= 11 is 0. The summed E-state index contributed by atoms with van der Waals surface area (Å²) in [6, 6.07) is 0.315. The Balaban J connectivity index is 2.50. The van der Waals surface area contributed by atoms with Crippen molar-refractivity contribution in [2.45, 2.75) is 25.8 Å². The predicted octanol–water partition coefficient (Wildman–Crippen LogP) is -0.682. The highest BCUT2D eigenvalue weighted by Gasteiger charge is 2.27. The molecule has 0 bridgehead atoms. The Morgan fingerprint density at radius 2 is 2.20 bits per heavy atom. The Kier molecular flexibility index (Phi) is 4.08. The molecule has 0 saturated carbocycles. The Morgan fingerprint density at radius 1 is 1.53 bits per heavy atom. The number of nitrogens with one attached hydrogen (secondary N) is 1. The van der Waals surface area contributed by atoms with E-state index in [4.69, 9.17) is 5.73 Å². The van der Waals surface area contributed by atoms with Crippen LogP contribution < -0.4 is 11.1 Å². The zero-order chi connectivity index (χ0) is 11.4. The molecule has 1 fully saturated rings. The molecule has 0 aromatic rings. The molecule has 2 atom stereocenters. The number of hydrogen-bond donors (Lipinski definition) is 2. The van der Waals surface area contributed by atoms with Crippen LogP contribution in [0.2, 0.25) is 0 Å². The summed E-state index contributed by atoms with van der Waals surface area (Å²) in [5.41, 5.74) is 4.99. The van der Waals surface area contributed by atoms with Crippen molar-refractivity contribution in [2.75, 3.05) is 20.1 Å². The van der Waals surface area contributed by atoms with Gasteiger partial charge in [0.05, 0.1) is 0 Å². The number of carbonyl (C=O) groups excluding carboxylic acids is 2. The van der Waals surface area contributed by atoms with E-state index in [0.717, 1.165) is 13.0 Å². The van der Waals surface area contributed by atoms with Crippen molar-refractivity contribution in [3.8, 4) is 0 Å². The fourth-order valence-corrected chi connectivity index (χ4v) is 1.93. The van der Waals surface area contributed by atoms with Crippen LogP contribution in [-0.4, -0.2) is 42.9 Å². The maximum absolute atomic E-state index is 11.6. The zero-order valence-electron chi connectivity index (χ0n) is 9.32. The van der Waals surface area contributed by atoms with Gasteiger partial charge in [-0.25, -0.2) is 0 Å². The smallest absolute Gasteiger partial charge is 0.232 e. The summed E-state index contributed by atoms with van der Waals surface area (Å²) in [6.45, 7) is 3.56. The highest BCUT2D eigenvalue weighted by molar-refractivity contribution is 5.96. The van der Waals surface area contributed by atoms with E-state index in [2.05, 4.69) is 12.2 Å². The van der Waals surface area contributed by atoms with Gasteiger partial charge < -0.3 is 16.0 Å². The van der Waals surface area contributed by atoms with Crippen molar-refractivity contribution in [1.82, 2.24) is 10.2 Å². The predicted molar refractivity (Wildman–Crippen MR) is 57.0 cm³/mol. The molecular weight excluding hydrogens is 194 g/mol. The number of primary amides is 1. The molecule has 1 aliphatic rings. The lowest BCUT2D eigenvalue weighted by Crippen LogP contribution is -2.51. The van der Waals surface area contributed by atoms with Gasteiger partial charge in [0.15, 0.2) is 0 Å². The van der Waals surface area contributed by atoms with Crippen LogP contribution in [-0.2, 0) is 9.59 Å². The first-order valence-corrected chi connectivity index (χ1v) is 5.28. The molecule has 1 aliphatic heterocycles. The molecule has 0 spiro atoms. The number of nitrogens with zero attached hydrogens (tertiary/aromatic N) is 1. The first-order chi connectivity index (χ1) is 7.04. The van der Waals surface area contributed by atoms with Gasteiger partial charge in [-0.05, 0) is 19.4 Å². The minimum Gasteiger partial charge on any atom is -0.369 e. The molecule has 0 radical (unpaired) electrons. The first kappa shape index (κ1) is 12.0. The summed E-state index contributed by atoms with van der Waals surface area (Å²) in [4.78, 5) is 23.9. The van der Waals surface area contributed by atoms with E-state index in [1.807, 2.05) is 7.05 Å². The summed E-state index contributed by atoms with van der Waals surface area (Å²) in [5.74, 6) is -0.151. The molecule has 15 heavy (non-hydrogen) atoms. The molecule has 3 N–H and O–H groups in total. The Bertz CT molecular complexity index is 255. The van der Waals surface area contributed by atoms with Gasteiger partial charge in [-0.15, -0.1) is 0 Å². The second kappa shape index (κ2) is 5.11. The number of hydrogen-bond acceptors (Lipinski definition) is 3. The van der Waals surface area contributed by atoms with Crippen molar-refractivity contribution in [3.63, 3.8) is 0 Å². The summed E-state index contributed by atoms with van der Waals surface area (Å²) in [7, 11) is 1.89. The molecule has 0 aliphatic carbocycles. The van der Waals surface area contributed by atoms with E-state index in [-0.39, 0.29) is 12.3 Å². The molecule has 0 unspecified atom stereocenters. The number of likely N-dealkylation sites (tertiary alicyclic amines) is 1. The number of rotatable bonds is 3. The van der Waals surface area contributed by atoms with Crippen LogP contribution in [0.15, 0.2) is 0 Å². The molecule has 2 amide bonds. The van der Waals surface area contributed by atoms with Crippen molar-refractivity contribution in [2.24, 2.45) is 11.7 Å². The van der Waals surface area contributed by atoms with Crippen molar-refractivity contribution in [3.05, 3.63) is 0 Å². The number of piperidine rings is 1. The third kappa shape index (κ3) is 3.20. The fourth-order valence-electron chi connectivity index (χ4n) is 1.93. The maximum Gasteiger partial charge on any atom is 0.232 e. The van der Waals surface area contributed by atoms with Crippen LogP contribution >= 0.6 is 0 Å². The molecule has 1 saturated heterocycles. The molecule has 0 aromatic carbocycles. The van der Waals surface area contributed by atoms with Gasteiger partial charge in [0.2, 0.25) is 11.8 Å². The standard InChI is InChI=1S/C10H19N3O2/c1-7-3-4-13(6-8(7)12-2)10(15)5-9(11)14/h7-8,12H,3-6H2,1-2H3,(H2,11,14)/t7-,8+/m1/s1. The van der Waals surface area contributed by atoms with Crippen LogP contribution in [0.3, 0.4) is 0 Å². The van der Waals surface area contributed by atoms with Gasteiger partial charge >= 0.3 is 0 Å². The number of amides is 2. The van der Waals surface area contributed by atoms with E-state index in [0.29, 0.717) is 18.5 Å². The monoisotopic (exact) mass is 213 g/mol. The SMILES string of the molecule is CN[C@H]1CN(C(=O)CC(N)=O)CC[C@H]1C. The van der Waals surface area contributed by atoms with Crippen molar-refractivity contribution in [1.29, 1.82) is 0 Å². The fraction of sp³-hybridized carbons (Fsp3) is 0.800. The number of nitrogens with two attached hydrogens (primary N) is 1. The topological polar surface area (TPSA) is 75.4 Å². The molecule has 86 valence electrons. The van der Waals surface area contributed by atoms with Gasteiger partial charge in [-0.2, -0.15) is 0 Å². The maximum atomic E-state index is 11.6. The largest absolute Gasteiger partial charge is 0.369 e. The van der Waals surface area contributed by atoms with E-state index < -0.39 is 5.91 Å². The lowest BCUT2D eigenvalue weighted by Gasteiger charge is -2.36. The van der Waals surface area contributed by atoms with E-state index in [1.165, 1.54) is 0 Å². The number of likely N-dealkylation sites (N-methyl/N-ethyl adjacent to an activating group) is 1. The van der Waals surface area contributed by atoms with Crippen LogP contribution in [0.1, 0.15) is 19.8 Å². The van der Waals surface area contributed by atoms with Crippen molar-refractivity contribution < 1.29 is 9.59 Å². The lowest BCUT2D eigenvalue weighted by molar-refractivity contribution is -0.136. The highest BCUT2D eigenvalue weighted by Crippen LogP contribution is 2.17. The Labute approximate surface area is 90.0 Å². The Morgan fingerprint density at radius 3 is 2.73 bits per heavy atom. The highest BCUT2D eigenvalue weighted by atomic mass is 16.2. The Hall–Kier alpha value is -1.10. The second-order valence-electron chi connectivity index (χ2n) is 4.14. The molecule has 1 rings (SSSR count). The minimum atomic E-state index is -0.556. The average molecular weight is 213 g/mol. The molecule has 5 nitrogen and oxygen atoms in total.